The lowest BCUT2D eigenvalue weighted by Crippen LogP contribution is -2.06. The molecule has 6 heteroatoms. The molecule has 0 unspecified atom stereocenters. The molecule has 0 fully saturated rings. The van der Waals surface area contributed by atoms with Crippen molar-refractivity contribution in [3.63, 3.8) is 0 Å². The van der Waals surface area contributed by atoms with Gasteiger partial charge in [-0.15, -0.1) is 0 Å². The Balaban J connectivity index is 2.19. The van der Waals surface area contributed by atoms with Crippen LogP contribution in [0, 0.1) is 0 Å². The molecule has 118 valence electrons. The predicted octanol–water partition coefficient (Wildman–Crippen LogP) is 3.17. The van der Waals surface area contributed by atoms with Crippen molar-refractivity contribution in [1.82, 2.24) is 9.97 Å². The molecule has 0 radical (unpaired) electrons. The first kappa shape index (κ1) is 15.9. The number of nitrogens with two attached hydrogens (primary N) is 2. The molecule has 0 saturated heterocycles. The van der Waals surface area contributed by atoms with Gasteiger partial charge in [-0.3, -0.25) is 0 Å². The quantitative estimate of drug-likeness (QED) is 0.762. The average Bonchev–Trinajstić information content (AvgIpc) is 2.50. The molecule has 0 atom stereocenters. The second kappa shape index (κ2) is 7.49. The monoisotopic (exact) mass is 302 g/mol. The molecule has 4 N–H and O–H groups in total. The number of benzene rings is 1. The summed E-state index contributed by atoms with van der Waals surface area (Å²) in [7, 11) is 0. The van der Waals surface area contributed by atoms with Crippen molar-refractivity contribution in [3.8, 4) is 17.2 Å². The molecule has 1 aromatic heterocycles. The number of ether oxygens (including phenoxy) is 2. The van der Waals surface area contributed by atoms with Crippen LogP contribution in [0.1, 0.15) is 32.4 Å². The predicted molar refractivity (Wildman–Crippen MR) is 87.2 cm³/mol. The van der Waals surface area contributed by atoms with Gasteiger partial charge in [0.15, 0.2) is 11.6 Å². The largest absolute Gasteiger partial charge is 0.493 e. The van der Waals surface area contributed by atoms with Crippen molar-refractivity contribution >= 4 is 11.8 Å². The first-order chi connectivity index (χ1) is 10.6. The van der Waals surface area contributed by atoms with Crippen LogP contribution >= 0.6 is 0 Å². The third-order valence-corrected chi connectivity index (χ3v) is 3.11. The van der Waals surface area contributed by atoms with E-state index in [2.05, 4.69) is 16.9 Å². The van der Waals surface area contributed by atoms with Crippen molar-refractivity contribution in [3.05, 3.63) is 30.0 Å². The van der Waals surface area contributed by atoms with E-state index in [4.69, 9.17) is 20.9 Å². The highest BCUT2D eigenvalue weighted by atomic mass is 16.5. The summed E-state index contributed by atoms with van der Waals surface area (Å²) in [5.41, 5.74) is 12.2. The third kappa shape index (κ3) is 4.00. The number of rotatable bonds is 7. The van der Waals surface area contributed by atoms with Crippen molar-refractivity contribution in [2.75, 3.05) is 18.1 Å². The number of nitrogen functional groups attached to an aromatic ring is 2. The molecular formula is C16H22N4O2. The summed E-state index contributed by atoms with van der Waals surface area (Å²) in [6.07, 6.45) is 2.76. The van der Waals surface area contributed by atoms with Crippen molar-refractivity contribution in [2.45, 2.75) is 33.1 Å². The fourth-order valence-electron chi connectivity index (χ4n) is 1.97. The molecule has 1 heterocycles. The van der Waals surface area contributed by atoms with Gasteiger partial charge in [0.25, 0.3) is 0 Å². The highest BCUT2D eigenvalue weighted by Crippen LogP contribution is 2.31. The lowest BCUT2D eigenvalue weighted by molar-refractivity contribution is 0.308. The van der Waals surface area contributed by atoms with Crippen LogP contribution in [0.3, 0.4) is 0 Å². The minimum atomic E-state index is 0.151. The second-order valence-corrected chi connectivity index (χ2v) is 4.88. The lowest BCUT2D eigenvalue weighted by Gasteiger charge is -2.13. The Kier molecular flexibility index (Phi) is 5.41. The van der Waals surface area contributed by atoms with Gasteiger partial charge >= 0.3 is 0 Å². The zero-order valence-corrected chi connectivity index (χ0v) is 13.0. The van der Waals surface area contributed by atoms with Crippen molar-refractivity contribution in [1.29, 1.82) is 0 Å². The van der Waals surface area contributed by atoms with Crippen LogP contribution in [0.5, 0.6) is 17.2 Å². The Hall–Kier alpha value is -2.50. The topological polar surface area (TPSA) is 96.3 Å². The van der Waals surface area contributed by atoms with Crippen LogP contribution in [0.2, 0.25) is 0 Å². The zero-order chi connectivity index (χ0) is 15.9. The summed E-state index contributed by atoms with van der Waals surface area (Å²) in [5, 5.41) is 0. The average molecular weight is 302 g/mol. The summed E-state index contributed by atoms with van der Waals surface area (Å²) in [5.74, 6) is 2.23. The molecule has 0 aliphatic carbocycles. The van der Waals surface area contributed by atoms with E-state index < -0.39 is 0 Å². The van der Waals surface area contributed by atoms with E-state index in [1.165, 1.54) is 0 Å². The smallest absolute Gasteiger partial charge is 0.222 e. The van der Waals surface area contributed by atoms with Crippen LogP contribution in [0.4, 0.5) is 11.8 Å². The maximum Gasteiger partial charge on any atom is 0.222 e. The van der Waals surface area contributed by atoms with E-state index in [0.29, 0.717) is 30.2 Å². The maximum atomic E-state index is 5.89. The molecule has 0 aliphatic heterocycles. The minimum Gasteiger partial charge on any atom is -0.493 e. The van der Waals surface area contributed by atoms with Crippen LogP contribution in [-0.2, 0) is 6.42 Å². The zero-order valence-electron chi connectivity index (χ0n) is 13.0. The number of unbranched alkanes of at least 4 members (excludes halogenated alkanes) is 1. The van der Waals surface area contributed by atoms with E-state index in [1.807, 2.05) is 31.2 Å². The summed E-state index contributed by atoms with van der Waals surface area (Å²) >= 11 is 0. The number of aryl methyl sites for hydroxylation is 1. The first-order valence-electron chi connectivity index (χ1n) is 7.46. The van der Waals surface area contributed by atoms with E-state index >= 15 is 0 Å². The highest BCUT2D eigenvalue weighted by Gasteiger charge is 2.13. The highest BCUT2D eigenvalue weighted by molar-refractivity contribution is 5.53. The molecule has 6 nitrogen and oxygen atoms in total. The third-order valence-electron chi connectivity index (χ3n) is 3.11. The molecule has 0 aliphatic rings. The number of hydrogen-bond acceptors (Lipinski definition) is 6. The van der Waals surface area contributed by atoms with Crippen LogP contribution < -0.4 is 20.9 Å². The Morgan fingerprint density at radius 2 is 1.86 bits per heavy atom. The fraction of sp³-hybridized carbons (Fsp3) is 0.375. The molecule has 0 spiro atoms. The van der Waals surface area contributed by atoms with E-state index in [-0.39, 0.29) is 11.8 Å². The van der Waals surface area contributed by atoms with Gasteiger partial charge in [0.2, 0.25) is 5.95 Å². The SMILES string of the molecule is CCCCOc1cccc(Oc2c(N)nc(N)nc2CC)c1. The van der Waals surface area contributed by atoms with Gasteiger partial charge in [-0.2, -0.15) is 4.98 Å². The summed E-state index contributed by atoms with van der Waals surface area (Å²) in [6.45, 7) is 4.77. The van der Waals surface area contributed by atoms with E-state index in [9.17, 15) is 0 Å². The molecular weight excluding hydrogens is 280 g/mol. The number of aromatic nitrogens is 2. The van der Waals surface area contributed by atoms with Crippen molar-refractivity contribution in [2.24, 2.45) is 0 Å². The van der Waals surface area contributed by atoms with E-state index in [0.717, 1.165) is 18.6 Å². The minimum absolute atomic E-state index is 0.151. The molecule has 22 heavy (non-hydrogen) atoms. The summed E-state index contributed by atoms with van der Waals surface area (Å²) < 4.78 is 11.5. The maximum absolute atomic E-state index is 5.89. The summed E-state index contributed by atoms with van der Waals surface area (Å²) in [6, 6.07) is 7.43. The molecule has 0 saturated carbocycles. The Bertz CT molecular complexity index is 632. The van der Waals surface area contributed by atoms with Gasteiger partial charge in [-0.25, -0.2) is 4.98 Å². The second-order valence-electron chi connectivity index (χ2n) is 4.88. The van der Waals surface area contributed by atoms with Crippen LogP contribution in [0.25, 0.3) is 0 Å². The number of anilines is 2. The van der Waals surface area contributed by atoms with Crippen LogP contribution in [0.15, 0.2) is 24.3 Å². The molecule has 0 amide bonds. The van der Waals surface area contributed by atoms with Crippen LogP contribution in [-0.4, -0.2) is 16.6 Å². The molecule has 0 bridgehead atoms. The van der Waals surface area contributed by atoms with Gasteiger partial charge in [0.1, 0.15) is 11.5 Å². The van der Waals surface area contributed by atoms with Gasteiger partial charge in [0, 0.05) is 6.07 Å². The molecule has 2 aromatic rings. The lowest BCUT2D eigenvalue weighted by atomic mass is 10.2. The van der Waals surface area contributed by atoms with Crippen molar-refractivity contribution < 1.29 is 9.47 Å². The van der Waals surface area contributed by atoms with Gasteiger partial charge in [-0.05, 0) is 25.0 Å². The summed E-state index contributed by atoms with van der Waals surface area (Å²) in [4.78, 5) is 8.11. The first-order valence-corrected chi connectivity index (χ1v) is 7.46. The number of hydrogen-bond donors (Lipinski definition) is 2. The van der Waals surface area contributed by atoms with E-state index in [1.54, 1.807) is 0 Å². The Labute approximate surface area is 130 Å². The number of nitrogens with zero attached hydrogens (tertiary/aromatic N) is 2. The standard InChI is InChI=1S/C16H22N4O2/c1-3-5-9-21-11-7-6-8-12(10-11)22-14-13(4-2)19-16(18)20-15(14)17/h6-8,10H,3-5,9H2,1-2H3,(H4,17,18,19,20). The normalized spacial score (nSPS) is 10.5. The van der Waals surface area contributed by atoms with Gasteiger partial charge in [-0.1, -0.05) is 26.3 Å². The van der Waals surface area contributed by atoms with Gasteiger partial charge < -0.3 is 20.9 Å². The van der Waals surface area contributed by atoms with Gasteiger partial charge in [0.05, 0.1) is 12.3 Å². The Morgan fingerprint density at radius 3 is 2.59 bits per heavy atom. The fourth-order valence-corrected chi connectivity index (χ4v) is 1.97. The molecule has 2 rings (SSSR count). The Morgan fingerprint density at radius 1 is 1.09 bits per heavy atom. The molecule has 1 aromatic carbocycles.